The molecular formula is C14H12N4O3. The molecule has 7 heteroatoms. The molecule has 0 aliphatic carbocycles. The number of benzene rings is 1. The van der Waals surface area contributed by atoms with Crippen LogP contribution in [0.1, 0.15) is 11.1 Å². The van der Waals surface area contributed by atoms with E-state index in [2.05, 4.69) is 10.1 Å². The van der Waals surface area contributed by atoms with Crippen molar-refractivity contribution < 1.29 is 9.90 Å². The molecule has 0 spiro atoms. The van der Waals surface area contributed by atoms with Gasteiger partial charge in [0, 0.05) is 12.4 Å². The minimum atomic E-state index is -0.869. The SMILES string of the molecule is O=C(O)Cc1ccc(Cn2nc3cnccn3c2=O)cc1. The van der Waals surface area contributed by atoms with Crippen molar-refractivity contribution in [3.8, 4) is 0 Å². The van der Waals surface area contributed by atoms with Crippen molar-refractivity contribution in [3.63, 3.8) is 0 Å². The van der Waals surface area contributed by atoms with Gasteiger partial charge in [0.1, 0.15) is 0 Å². The molecule has 0 atom stereocenters. The van der Waals surface area contributed by atoms with Gasteiger partial charge in [-0.2, -0.15) is 0 Å². The van der Waals surface area contributed by atoms with E-state index in [0.717, 1.165) is 11.1 Å². The summed E-state index contributed by atoms with van der Waals surface area (Å²) in [6.07, 6.45) is 4.60. The fourth-order valence-electron chi connectivity index (χ4n) is 2.09. The molecule has 2 heterocycles. The first kappa shape index (κ1) is 13.0. The summed E-state index contributed by atoms with van der Waals surface area (Å²) in [5.41, 5.74) is 1.85. The topological polar surface area (TPSA) is 89.5 Å². The average molecular weight is 284 g/mol. The second-order valence-corrected chi connectivity index (χ2v) is 4.63. The van der Waals surface area contributed by atoms with Crippen LogP contribution in [0.4, 0.5) is 0 Å². The minimum Gasteiger partial charge on any atom is -0.481 e. The van der Waals surface area contributed by atoms with Crippen LogP contribution in [0.15, 0.2) is 47.7 Å². The molecule has 0 bridgehead atoms. The van der Waals surface area contributed by atoms with Gasteiger partial charge in [0.15, 0.2) is 5.65 Å². The number of carbonyl (C=O) groups is 1. The zero-order chi connectivity index (χ0) is 14.8. The zero-order valence-corrected chi connectivity index (χ0v) is 11.0. The maximum atomic E-state index is 12.1. The number of aromatic nitrogens is 4. The van der Waals surface area contributed by atoms with Crippen molar-refractivity contribution in [2.75, 3.05) is 0 Å². The average Bonchev–Trinajstić information content (AvgIpc) is 2.78. The van der Waals surface area contributed by atoms with Crippen molar-refractivity contribution >= 4 is 11.6 Å². The summed E-state index contributed by atoms with van der Waals surface area (Å²) in [5, 5.41) is 12.9. The lowest BCUT2D eigenvalue weighted by Crippen LogP contribution is -2.21. The molecule has 1 aromatic carbocycles. The zero-order valence-electron chi connectivity index (χ0n) is 11.0. The minimum absolute atomic E-state index is 0.0136. The molecule has 0 radical (unpaired) electrons. The first-order valence-electron chi connectivity index (χ1n) is 6.32. The second-order valence-electron chi connectivity index (χ2n) is 4.63. The van der Waals surface area contributed by atoms with E-state index in [1.54, 1.807) is 30.5 Å². The molecular weight excluding hydrogens is 272 g/mol. The van der Waals surface area contributed by atoms with Crippen molar-refractivity contribution in [2.45, 2.75) is 13.0 Å². The molecule has 1 N–H and O–H groups in total. The highest BCUT2D eigenvalue weighted by Gasteiger charge is 2.07. The van der Waals surface area contributed by atoms with Gasteiger partial charge in [-0.05, 0) is 11.1 Å². The summed E-state index contributed by atoms with van der Waals surface area (Å²) in [4.78, 5) is 26.7. The van der Waals surface area contributed by atoms with Crippen molar-refractivity contribution in [3.05, 3.63) is 64.5 Å². The number of aliphatic carboxylic acids is 1. The fourth-order valence-corrected chi connectivity index (χ4v) is 2.09. The maximum absolute atomic E-state index is 12.1. The standard InChI is InChI=1S/C14H12N4O3/c19-13(20)7-10-1-3-11(4-2-10)9-18-14(21)17-6-5-15-8-12(17)16-18/h1-6,8H,7,9H2,(H,19,20). The van der Waals surface area contributed by atoms with E-state index in [4.69, 9.17) is 5.11 Å². The van der Waals surface area contributed by atoms with Gasteiger partial charge >= 0.3 is 11.7 Å². The summed E-state index contributed by atoms with van der Waals surface area (Å²) in [5.74, 6) is -0.869. The van der Waals surface area contributed by atoms with Crippen LogP contribution < -0.4 is 5.69 Å². The van der Waals surface area contributed by atoms with Gasteiger partial charge in [-0.25, -0.2) is 13.9 Å². The molecule has 0 unspecified atom stereocenters. The molecule has 0 aliphatic heterocycles. The van der Waals surface area contributed by atoms with Gasteiger partial charge < -0.3 is 5.11 Å². The third-order valence-corrected chi connectivity index (χ3v) is 3.10. The Balaban J connectivity index is 1.86. The van der Waals surface area contributed by atoms with E-state index in [0.29, 0.717) is 12.2 Å². The van der Waals surface area contributed by atoms with Gasteiger partial charge in [-0.15, -0.1) is 5.10 Å². The molecule has 0 saturated heterocycles. The van der Waals surface area contributed by atoms with Crippen LogP contribution in [0.25, 0.3) is 5.65 Å². The normalized spacial score (nSPS) is 10.9. The molecule has 3 rings (SSSR count). The molecule has 0 saturated carbocycles. The number of fused-ring (bicyclic) bond motifs is 1. The van der Waals surface area contributed by atoms with E-state index >= 15 is 0 Å². The first-order chi connectivity index (χ1) is 10.1. The van der Waals surface area contributed by atoms with Crippen LogP contribution in [-0.2, 0) is 17.8 Å². The summed E-state index contributed by atoms with van der Waals surface area (Å²) in [6.45, 7) is 0.327. The van der Waals surface area contributed by atoms with Crippen LogP contribution in [0.5, 0.6) is 0 Å². The number of carboxylic acid groups (broad SMARTS) is 1. The molecule has 0 amide bonds. The van der Waals surface area contributed by atoms with E-state index in [9.17, 15) is 9.59 Å². The highest BCUT2D eigenvalue weighted by Crippen LogP contribution is 2.06. The van der Waals surface area contributed by atoms with Crippen LogP contribution in [0.3, 0.4) is 0 Å². The van der Waals surface area contributed by atoms with Crippen LogP contribution >= 0.6 is 0 Å². The maximum Gasteiger partial charge on any atom is 0.350 e. The van der Waals surface area contributed by atoms with Gasteiger partial charge in [0.25, 0.3) is 0 Å². The molecule has 0 fully saturated rings. The van der Waals surface area contributed by atoms with Gasteiger partial charge in [0.2, 0.25) is 0 Å². The molecule has 2 aromatic heterocycles. The molecule has 3 aromatic rings. The largest absolute Gasteiger partial charge is 0.481 e. The van der Waals surface area contributed by atoms with E-state index < -0.39 is 5.97 Å². The fraction of sp³-hybridized carbons (Fsp3) is 0.143. The second kappa shape index (κ2) is 5.20. The Morgan fingerprint density at radius 1 is 1.19 bits per heavy atom. The third kappa shape index (κ3) is 2.66. The highest BCUT2D eigenvalue weighted by molar-refractivity contribution is 5.70. The number of rotatable bonds is 4. The number of hydrogen-bond acceptors (Lipinski definition) is 4. The van der Waals surface area contributed by atoms with Crippen molar-refractivity contribution in [2.24, 2.45) is 0 Å². The van der Waals surface area contributed by atoms with Crippen LogP contribution in [0, 0.1) is 0 Å². The highest BCUT2D eigenvalue weighted by atomic mass is 16.4. The Kier molecular flexibility index (Phi) is 3.23. The van der Waals surface area contributed by atoms with Gasteiger partial charge in [0.05, 0.1) is 19.2 Å². The Morgan fingerprint density at radius 3 is 2.57 bits per heavy atom. The van der Waals surface area contributed by atoms with Crippen molar-refractivity contribution in [1.29, 1.82) is 0 Å². The summed E-state index contributed by atoms with van der Waals surface area (Å²) < 4.78 is 2.77. The van der Waals surface area contributed by atoms with Crippen LogP contribution in [-0.4, -0.2) is 30.2 Å². The van der Waals surface area contributed by atoms with Crippen molar-refractivity contribution in [1.82, 2.24) is 19.2 Å². The lowest BCUT2D eigenvalue weighted by atomic mass is 10.1. The summed E-state index contributed by atoms with van der Waals surface area (Å²) in [6, 6.07) is 7.08. The van der Waals surface area contributed by atoms with E-state index in [-0.39, 0.29) is 12.1 Å². The Morgan fingerprint density at radius 2 is 1.90 bits per heavy atom. The summed E-state index contributed by atoms with van der Waals surface area (Å²) in [7, 11) is 0. The molecule has 106 valence electrons. The smallest absolute Gasteiger partial charge is 0.350 e. The predicted octanol–water partition coefficient (Wildman–Crippen LogP) is 0.566. The van der Waals surface area contributed by atoms with Gasteiger partial charge in [-0.3, -0.25) is 9.78 Å². The Bertz CT molecular complexity index is 849. The van der Waals surface area contributed by atoms with Gasteiger partial charge in [-0.1, -0.05) is 24.3 Å². The number of nitrogens with zero attached hydrogens (tertiary/aromatic N) is 4. The predicted molar refractivity (Wildman–Crippen MR) is 74.1 cm³/mol. The van der Waals surface area contributed by atoms with Crippen LogP contribution in [0.2, 0.25) is 0 Å². The number of carboxylic acids is 1. The molecule has 7 nitrogen and oxygen atoms in total. The third-order valence-electron chi connectivity index (χ3n) is 3.10. The van der Waals surface area contributed by atoms with E-state index in [1.165, 1.54) is 21.5 Å². The Hall–Kier alpha value is -2.96. The lowest BCUT2D eigenvalue weighted by molar-refractivity contribution is -0.136. The lowest BCUT2D eigenvalue weighted by Gasteiger charge is -2.02. The molecule has 0 aliphatic rings. The monoisotopic (exact) mass is 284 g/mol. The Labute approximate surface area is 119 Å². The first-order valence-corrected chi connectivity index (χ1v) is 6.32. The quantitative estimate of drug-likeness (QED) is 0.756. The number of hydrogen-bond donors (Lipinski definition) is 1. The molecule has 21 heavy (non-hydrogen) atoms. The summed E-state index contributed by atoms with van der Waals surface area (Å²) >= 11 is 0. The van der Waals surface area contributed by atoms with E-state index in [1.807, 2.05) is 0 Å².